The minimum atomic E-state index is -5.05. The van der Waals surface area contributed by atoms with Crippen molar-refractivity contribution in [3.05, 3.63) is 23.8 Å². The van der Waals surface area contributed by atoms with Gasteiger partial charge in [-0.25, -0.2) is 21.9 Å². The summed E-state index contributed by atoms with van der Waals surface area (Å²) in [6, 6.07) is 1.06. The molecule has 5 nitrogen and oxygen atoms in total. The molecule has 0 fully saturated rings. The number of anilines is 1. The zero-order valence-electron chi connectivity index (χ0n) is 9.58. The van der Waals surface area contributed by atoms with Crippen LogP contribution in [0, 0.1) is 11.6 Å². The van der Waals surface area contributed by atoms with Gasteiger partial charge in [0.1, 0.15) is 4.90 Å². The number of rotatable bonds is 4. The zero-order chi connectivity index (χ0) is 15.7. The van der Waals surface area contributed by atoms with Crippen molar-refractivity contribution in [1.29, 1.82) is 0 Å². The first-order chi connectivity index (χ1) is 8.95. The molecule has 0 aromatic heterocycles. The number of alkyl halides is 3. The fourth-order valence-electron chi connectivity index (χ4n) is 1.16. The van der Waals surface area contributed by atoms with E-state index >= 15 is 0 Å². The molecule has 0 amide bonds. The molecule has 20 heavy (non-hydrogen) atoms. The monoisotopic (exact) mass is 320 g/mol. The highest BCUT2D eigenvalue weighted by Crippen LogP contribution is 2.22. The lowest BCUT2D eigenvalue weighted by Crippen LogP contribution is -2.40. The molecule has 1 aromatic rings. The second kappa shape index (κ2) is 5.50. The molecule has 1 rings (SSSR count). The summed E-state index contributed by atoms with van der Waals surface area (Å²) in [7, 11) is -4.80. The Morgan fingerprint density at radius 1 is 1.30 bits per heavy atom. The molecule has 0 spiro atoms. The molecule has 1 unspecified atom stereocenters. The van der Waals surface area contributed by atoms with Gasteiger partial charge < -0.3 is 10.8 Å². The molecule has 11 heteroatoms. The van der Waals surface area contributed by atoms with Crippen LogP contribution in [0.5, 0.6) is 0 Å². The number of nitrogens with two attached hydrogens (primary N) is 1. The Morgan fingerprint density at radius 3 is 2.35 bits per heavy atom. The molecule has 1 atom stereocenters. The minimum Gasteiger partial charge on any atom is -0.399 e. The van der Waals surface area contributed by atoms with Crippen molar-refractivity contribution in [1.82, 2.24) is 4.72 Å². The molecule has 4 N–H and O–H groups in total. The van der Waals surface area contributed by atoms with Gasteiger partial charge in [-0.1, -0.05) is 0 Å². The average molecular weight is 320 g/mol. The van der Waals surface area contributed by atoms with E-state index in [1.165, 1.54) is 4.72 Å². The Balaban J connectivity index is 3.02. The topological polar surface area (TPSA) is 92.4 Å². The lowest BCUT2D eigenvalue weighted by molar-refractivity contribution is -0.200. The Labute approximate surface area is 110 Å². The van der Waals surface area contributed by atoms with E-state index in [9.17, 15) is 30.4 Å². The van der Waals surface area contributed by atoms with Crippen LogP contribution in [0.25, 0.3) is 0 Å². The second-order valence-corrected chi connectivity index (χ2v) is 5.46. The molecule has 0 heterocycles. The Bertz CT molecular complexity index is 602. The molecule has 114 valence electrons. The average Bonchev–Trinajstić information content (AvgIpc) is 2.29. The highest BCUT2D eigenvalue weighted by atomic mass is 32.2. The molecule has 1 aromatic carbocycles. The number of aliphatic hydroxyl groups excluding tert-OH is 1. The molecule has 0 saturated heterocycles. The molecule has 0 aliphatic heterocycles. The predicted octanol–water partition coefficient (Wildman–Crippen LogP) is 0.749. The minimum absolute atomic E-state index is 0.430. The van der Waals surface area contributed by atoms with Crippen LogP contribution in [0.3, 0.4) is 0 Å². The van der Waals surface area contributed by atoms with Gasteiger partial charge >= 0.3 is 6.18 Å². The van der Waals surface area contributed by atoms with Crippen molar-refractivity contribution in [2.45, 2.75) is 17.2 Å². The van der Waals surface area contributed by atoms with Crippen molar-refractivity contribution >= 4 is 15.7 Å². The first-order valence-electron chi connectivity index (χ1n) is 4.94. The fourth-order valence-corrected chi connectivity index (χ4v) is 2.32. The van der Waals surface area contributed by atoms with Crippen LogP contribution >= 0.6 is 0 Å². The Hall–Kier alpha value is -1.46. The number of aliphatic hydroxyl groups is 1. The van der Waals surface area contributed by atoms with Crippen LogP contribution in [-0.4, -0.2) is 32.3 Å². The van der Waals surface area contributed by atoms with Crippen molar-refractivity contribution in [2.75, 3.05) is 12.3 Å². The molecule has 0 bridgehead atoms. The molecule has 0 aliphatic carbocycles. The third-order valence-electron chi connectivity index (χ3n) is 2.15. The van der Waals surface area contributed by atoms with Crippen LogP contribution in [0.15, 0.2) is 17.0 Å². The van der Waals surface area contributed by atoms with Crippen LogP contribution in [0.4, 0.5) is 27.6 Å². The summed E-state index contributed by atoms with van der Waals surface area (Å²) in [5.74, 6) is -3.35. The third kappa shape index (κ3) is 3.77. The number of hydrogen-bond acceptors (Lipinski definition) is 4. The SMILES string of the molecule is Nc1cc(F)c(F)c(S(=O)(=O)NCC(O)C(F)(F)F)c1. The van der Waals surface area contributed by atoms with Crippen LogP contribution < -0.4 is 10.5 Å². The maximum atomic E-state index is 13.3. The van der Waals surface area contributed by atoms with E-state index in [1.54, 1.807) is 0 Å². The van der Waals surface area contributed by atoms with Gasteiger partial charge in [0.2, 0.25) is 10.0 Å². The van der Waals surface area contributed by atoms with E-state index in [1.807, 2.05) is 0 Å². The van der Waals surface area contributed by atoms with Crippen LogP contribution in [0.2, 0.25) is 0 Å². The largest absolute Gasteiger partial charge is 0.415 e. The van der Waals surface area contributed by atoms with Gasteiger partial charge in [0.15, 0.2) is 17.7 Å². The number of benzene rings is 1. The fraction of sp³-hybridized carbons (Fsp3) is 0.333. The normalized spacial score (nSPS) is 14.3. The second-order valence-electron chi connectivity index (χ2n) is 3.72. The number of halogens is 5. The Morgan fingerprint density at radius 2 is 1.85 bits per heavy atom. The zero-order valence-corrected chi connectivity index (χ0v) is 10.4. The molecular weight excluding hydrogens is 311 g/mol. The lowest BCUT2D eigenvalue weighted by atomic mass is 10.3. The molecule has 0 radical (unpaired) electrons. The van der Waals surface area contributed by atoms with Crippen LogP contribution in [0.1, 0.15) is 0 Å². The highest BCUT2D eigenvalue weighted by Gasteiger charge is 2.39. The first-order valence-corrected chi connectivity index (χ1v) is 6.42. The summed E-state index contributed by atoms with van der Waals surface area (Å²) >= 11 is 0. The van der Waals surface area contributed by atoms with Gasteiger partial charge in [-0.05, 0) is 12.1 Å². The number of nitrogens with one attached hydrogen (secondary N) is 1. The smallest absolute Gasteiger partial charge is 0.399 e. The highest BCUT2D eigenvalue weighted by molar-refractivity contribution is 7.89. The summed E-state index contributed by atoms with van der Waals surface area (Å²) in [4.78, 5) is -1.25. The summed E-state index contributed by atoms with van der Waals surface area (Å²) in [6.07, 6.45) is -8.03. The van der Waals surface area contributed by atoms with Crippen molar-refractivity contribution in [3.63, 3.8) is 0 Å². The summed E-state index contributed by atoms with van der Waals surface area (Å²) in [5.41, 5.74) is 4.69. The van der Waals surface area contributed by atoms with Gasteiger partial charge in [-0.3, -0.25) is 0 Å². The van der Waals surface area contributed by atoms with E-state index in [0.29, 0.717) is 12.1 Å². The summed E-state index contributed by atoms with van der Waals surface area (Å²) in [6.45, 7) is -1.44. The maximum Gasteiger partial charge on any atom is 0.415 e. The molecule has 0 aliphatic rings. The van der Waals surface area contributed by atoms with E-state index in [2.05, 4.69) is 0 Å². The van der Waals surface area contributed by atoms with Crippen LogP contribution in [-0.2, 0) is 10.0 Å². The standard InChI is InChI=1S/C9H9F5N2O3S/c10-5-1-4(15)2-6(8(5)11)20(18,19)16-3-7(17)9(12,13)14/h1-2,7,16-17H,3,15H2. The van der Waals surface area contributed by atoms with Gasteiger partial charge in [0.25, 0.3) is 0 Å². The number of sulfonamides is 1. The van der Waals surface area contributed by atoms with E-state index in [0.717, 1.165) is 0 Å². The first kappa shape index (κ1) is 16.6. The number of hydrogen-bond donors (Lipinski definition) is 3. The molecular formula is C9H9F5N2O3S. The van der Waals surface area contributed by atoms with Crippen molar-refractivity contribution < 1.29 is 35.5 Å². The van der Waals surface area contributed by atoms with E-state index in [4.69, 9.17) is 10.8 Å². The van der Waals surface area contributed by atoms with Gasteiger partial charge in [-0.15, -0.1) is 0 Å². The third-order valence-corrected chi connectivity index (χ3v) is 3.57. The summed E-state index contributed by atoms with van der Waals surface area (Å²) < 4.78 is 86.7. The quantitative estimate of drug-likeness (QED) is 0.564. The summed E-state index contributed by atoms with van der Waals surface area (Å²) in [5, 5.41) is 8.63. The maximum absolute atomic E-state index is 13.3. The van der Waals surface area contributed by atoms with Gasteiger partial charge in [-0.2, -0.15) is 13.2 Å². The van der Waals surface area contributed by atoms with E-state index < -0.39 is 51.1 Å². The van der Waals surface area contributed by atoms with Gasteiger partial charge in [0, 0.05) is 12.2 Å². The molecule has 0 saturated carbocycles. The van der Waals surface area contributed by atoms with Crippen molar-refractivity contribution in [2.24, 2.45) is 0 Å². The van der Waals surface area contributed by atoms with E-state index in [-0.39, 0.29) is 0 Å². The van der Waals surface area contributed by atoms with Crippen molar-refractivity contribution in [3.8, 4) is 0 Å². The van der Waals surface area contributed by atoms with Gasteiger partial charge in [0.05, 0.1) is 0 Å². The predicted molar refractivity (Wildman–Crippen MR) is 58.0 cm³/mol. The lowest BCUT2D eigenvalue weighted by Gasteiger charge is -2.15. The number of nitrogen functional groups attached to an aromatic ring is 1. The Kier molecular flexibility index (Phi) is 4.56.